The van der Waals surface area contributed by atoms with Gasteiger partial charge in [-0.2, -0.15) is 0 Å². The Bertz CT molecular complexity index is 606. The van der Waals surface area contributed by atoms with Crippen molar-refractivity contribution in [3.05, 3.63) is 34.9 Å². The quantitative estimate of drug-likeness (QED) is 0.580. The van der Waals surface area contributed by atoms with Crippen LogP contribution in [0.4, 0.5) is 0 Å². The first-order valence-corrected chi connectivity index (χ1v) is 7.02. The standard InChI is InChI=1S/C16H17NO3/c1-10-4-2-6-12-13(10)9-17(16(12)20)14-7-3-5-11(18)8-15(14)19/h2,4,6,14H,3,5,7-9H2,1H3/t14-/m0/s1. The van der Waals surface area contributed by atoms with Crippen molar-refractivity contribution in [1.82, 2.24) is 4.90 Å². The van der Waals surface area contributed by atoms with E-state index in [-0.39, 0.29) is 23.9 Å². The topological polar surface area (TPSA) is 54.5 Å². The van der Waals surface area contributed by atoms with Crippen LogP contribution in [-0.4, -0.2) is 28.4 Å². The molecule has 4 nitrogen and oxygen atoms in total. The van der Waals surface area contributed by atoms with Crippen molar-refractivity contribution >= 4 is 17.5 Å². The van der Waals surface area contributed by atoms with Gasteiger partial charge in [-0.15, -0.1) is 0 Å². The lowest BCUT2D eigenvalue weighted by Gasteiger charge is -2.25. The molecule has 1 amide bonds. The number of hydrogen-bond donors (Lipinski definition) is 0. The first-order chi connectivity index (χ1) is 9.58. The summed E-state index contributed by atoms with van der Waals surface area (Å²) in [6.45, 7) is 2.47. The normalized spacial score (nSPS) is 22.9. The van der Waals surface area contributed by atoms with Crippen LogP contribution in [0.2, 0.25) is 0 Å². The molecule has 4 heteroatoms. The molecule has 0 aromatic heterocycles. The molecule has 2 aliphatic rings. The minimum atomic E-state index is -0.430. The van der Waals surface area contributed by atoms with Gasteiger partial charge in [0.05, 0.1) is 12.5 Å². The first-order valence-electron chi connectivity index (χ1n) is 7.02. The summed E-state index contributed by atoms with van der Waals surface area (Å²) in [5.74, 6) is -0.180. The van der Waals surface area contributed by atoms with Crippen molar-refractivity contribution in [2.45, 2.75) is 45.2 Å². The lowest BCUT2D eigenvalue weighted by molar-refractivity contribution is -0.128. The zero-order chi connectivity index (χ0) is 14.3. The number of hydrogen-bond acceptors (Lipinski definition) is 3. The lowest BCUT2D eigenvalue weighted by atomic mass is 10.1. The Morgan fingerprint density at radius 3 is 2.75 bits per heavy atom. The van der Waals surface area contributed by atoms with E-state index in [1.54, 1.807) is 4.90 Å². The molecule has 0 spiro atoms. The van der Waals surface area contributed by atoms with Crippen LogP contribution in [0.3, 0.4) is 0 Å². The largest absolute Gasteiger partial charge is 0.324 e. The number of carbonyl (C=O) groups excluding carboxylic acids is 3. The number of benzene rings is 1. The monoisotopic (exact) mass is 271 g/mol. The van der Waals surface area contributed by atoms with E-state index in [0.29, 0.717) is 31.4 Å². The van der Waals surface area contributed by atoms with Gasteiger partial charge in [0, 0.05) is 18.5 Å². The van der Waals surface area contributed by atoms with Crippen LogP contribution in [0, 0.1) is 6.92 Å². The third-order valence-corrected chi connectivity index (χ3v) is 4.28. The fourth-order valence-electron chi connectivity index (χ4n) is 3.14. The van der Waals surface area contributed by atoms with E-state index < -0.39 is 6.04 Å². The van der Waals surface area contributed by atoms with Gasteiger partial charge >= 0.3 is 0 Å². The summed E-state index contributed by atoms with van der Waals surface area (Å²) in [5, 5.41) is 0. The highest BCUT2D eigenvalue weighted by Gasteiger charge is 2.37. The smallest absolute Gasteiger partial charge is 0.255 e. The Kier molecular flexibility index (Phi) is 3.16. The number of rotatable bonds is 1. The molecule has 1 aliphatic carbocycles. The summed E-state index contributed by atoms with van der Waals surface area (Å²) in [6, 6.07) is 5.24. The van der Waals surface area contributed by atoms with Crippen molar-refractivity contribution in [3.63, 3.8) is 0 Å². The average Bonchev–Trinajstić information content (AvgIpc) is 2.64. The Morgan fingerprint density at radius 2 is 2.00 bits per heavy atom. The van der Waals surface area contributed by atoms with Gasteiger partial charge < -0.3 is 4.90 Å². The van der Waals surface area contributed by atoms with Crippen molar-refractivity contribution in [3.8, 4) is 0 Å². The maximum Gasteiger partial charge on any atom is 0.255 e. The molecule has 3 rings (SSSR count). The van der Waals surface area contributed by atoms with Crippen molar-refractivity contribution in [2.24, 2.45) is 0 Å². The second-order valence-electron chi connectivity index (χ2n) is 5.62. The van der Waals surface area contributed by atoms with E-state index in [0.717, 1.165) is 11.1 Å². The zero-order valence-corrected chi connectivity index (χ0v) is 11.5. The second kappa shape index (κ2) is 4.85. The Labute approximate surface area is 117 Å². The summed E-state index contributed by atoms with van der Waals surface area (Å²) in [6.07, 6.45) is 1.72. The van der Waals surface area contributed by atoms with Crippen molar-refractivity contribution < 1.29 is 14.4 Å². The number of Topliss-reactive ketones (excluding diaryl/α,β-unsaturated/α-hetero) is 2. The van der Waals surface area contributed by atoms with Crippen LogP contribution >= 0.6 is 0 Å². The highest BCUT2D eigenvalue weighted by Crippen LogP contribution is 2.30. The van der Waals surface area contributed by atoms with E-state index >= 15 is 0 Å². The summed E-state index contributed by atoms with van der Waals surface area (Å²) < 4.78 is 0. The van der Waals surface area contributed by atoms with Gasteiger partial charge in [-0.1, -0.05) is 12.1 Å². The third kappa shape index (κ3) is 2.05. The zero-order valence-electron chi connectivity index (χ0n) is 11.5. The molecule has 0 bridgehead atoms. The minimum Gasteiger partial charge on any atom is -0.324 e. The van der Waals surface area contributed by atoms with Crippen LogP contribution < -0.4 is 0 Å². The molecule has 0 N–H and O–H groups in total. The Hall–Kier alpha value is -1.97. The average molecular weight is 271 g/mol. The predicted molar refractivity (Wildman–Crippen MR) is 73.3 cm³/mol. The van der Waals surface area contributed by atoms with Crippen molar-refractivity contribution in [2.75, 3.05) is 0 Å². The third-order valence-electron chi connectivity index (χ3n) is 4.28. The number of nitrogens with zero attached hydrogens (tertiary/aromatic N) is 1. The second-order valence-corrected chi connectivity index (χ2v) is 5.62. The van der Waals surface area contributed by atoms with Crippen molar-refractivity contribution in [1.29, 1.82) is 0 Å². The highest BCUT2D eigenvalue weighted by atomic mass is 16.2. The van der Waals surface area contributed by atoms with E-state index in [1.165, 1.54) is 0 Å². The van der Waals surface area contributed by atoms with Crippen LogP contribution in [0.5, 0.6) is 0 Å². The molecular weight excluding hydrogens is 254 g/mol. The molecule has 1 atom stereocenters. The molecule has 1 aromatic carbocycles. The van der Waals surface area contributed by atoms with E-state index in [2.05, 4.69) is 0 Å². The number of fused-ring (bicyclic) bond motifs is 1. The highest BCUT2D eigenvalue weighted by molar-refractivity contribution is 6.06. The SMILES string of the molecule is Cc1cccc2c1CN([C@H]1CCCC(=O)CC1=O)C2=O. The van der Waals surface area contributed by atoms with Crippen LogP contribution in [0.25, 0.3) is 0 Å². The van der Waals surface area contributed by atoms with Gasteiger partial charge in [-0.25, -0.2) is 0 Å². The molecule has 0 radical (unpaired) electrons. The molecule has 1 fully saturated rings. The van der Waals surface area contributed by atoms with Gasteiger partial charge in [0.15, 0.2) is 5.78 Å². The Balaban J connectivity index is 1.90. The van der Waals surface area contributed by atoms with Crippen LogP contribution in [0.15, 0.2) is 18.2 Å². The fraction of sp³-hybridized carbons (Fsp3) is 0.438. The summed E-state index contributed by atoms with van der Waals surface area (Å²) in [7, 11) is 0. The molecular formula is C16H17NO3. The van der Waals surface area contributed by atoms with E-state index in [9.17, 15) is 14.4 Å². The molecule has 1 aromatic rings. The molecule has 1 heterocycles. The fourth-order valence-corrected chi connectivity index (χ4v) is 3.14. The Morgan fingerprint density at radius 1 is 1.20 bits per heavy atom. The molecule has 104 valence electrons. The molecule has 0 unspecified atom stereocenters. The maximum absolute atomic E-state index is 12.5. The van der Waals surface area contributed by atoms with E-state index in [1.807, 2.05) is 25.1 Å². The van der Waals surface area contributed by atoms with Gasteiger partial charge in [0.1, 0.15) is 5.78 Å². The first kappa shape index (κ1) is 13.0. The minimum absolute atomic E-state index is 0.00200. The number of carbonyl (C=O) groups is 3. The molecule has 20 heavy (non-hydrogen) atoms. The van der Waals surface area contributed by atoms with Gasteiger partial charge in [0.25, 0.3) is 5.91 Å². The van der Waals surface area contributed by atoms with Crippen LogP contribution in [0.1, 0.15) is 47.2 Å². The molecule has 0 saturated heterocycles. The number of ketones is 2. The summed E-state index contributed by atoms with van der Waals surface area (Å²) in [4.78, 5) is 37.8. The summed E-state index contributed by atoms with van der Waals surface area (Å²) >= 11 is 0. The summed E-state index contributed by atoms with van der Waals surface area (Å²) in [5.41, 5.74) is 2.80. The lowest BCUT2D eigenvalue weighted by Crippen LogP contribution is -2.41. The van der Waals surface area contributed by atoms with Gasteiger partial charge in [-0.3, -0.25) is 14.4 Å². The van der Waals surface area contributed by atoms with Crippen LogP contribution in [-0.2, 0) is 16.1 Å². The maximum atomic E-state index is 12.5. The molecule has 1 saturated carbocycles. The number of aryl methyl sites for hydroxylation is 1. The number of amides is 1. The van der Waals surface area contributed by atoms with E-state index in [4.69, 9.17) is 0 Å². The predicted octanol–water partition coefficient (Wildman–Crippen LogP) is 2.03. The molecule has 1 aliphatic heterocycles. The van der Waals surface area contributed by atoms with Gasteiger partial charge in [-0.05, 0) is 37.0 Å². The van der Waals surface area contributed by atoms with Gasteiger partial charge in [0.2, 0.25) is 0 Å².